The van der Waals surface area contributed by atoms with Crippen molar-refractivity contribution in [1.82, 2.24) is 4.90 Å². The predicted molar refractivity (Wildman–Crippen MR) is 183 cm³/mol. The Bertz CT molecular complexity index is 1540. The van der Waals surface area contributed by atoms with Crippen LogP contribution in [0.25, 0.3) is 0 Å². The van der Waals surface area contributed by atoms with Crippen LogP contribution >= 0.6 is 0 Å². The van der Waals surface area contributed by atoms with Crippen LogP contribution in [0.3, 0.4) is 0 Å². The zero-order chi connectivity index (χ0) is 34.3. The Morgan fingerprint density at radius 3 is 2.34 bits per heavy atom. The van der Waals surface area contributed by atoms with Crippen molar-refractivity contribution in [1.29, 1.82) is 0 Å². The highest BCUT2D eigenvalue weighted by atomic mass is 16.5. The van der Waals surface area contributed by atoms with E-state index in [1.165, 1.54) is 0 Å². The summed E-state index contributed by atoms with van der Waals surface area (Å²) in [5, 5.41) is 10.5. The first-order valence-corrected chi connectivity index (χ1v) is 16.7. The number of aryl methyl sites for hydroxylation is 2. The van der Waals surface area contributed by atoms with Crippen molar-refractivity contribution in [2.75, 3.05) is 36.1 Å². The first kappa shape index (κ1) is 34.4. The molecular weight excluding hydrogens is 594 g/mol. The lowest BCUT2D eigenvalue weighted by molar-refractivity contribution is -0.149. The number of likely N-dealkylation sites (tertiary alicyclic amines) is 1. The standard InChI is InChI=1S/C38H49N3O6/c1-9-19-39(28-15-17-29(18-16-28)46-12-4)34(43)31-32-35(44)41(27(11-3)23-42)33(38(32)22-26(7)37(31,8)47-38)36(45)40(20-10-2)30-21-24(5)13-14-25(30)6/h9-10,13-18,21,26-27,31-33,42H,1-2,11-12,19-20,22-23H2,3-8H3/t26?,27-,31-,32-,33?,37+,38?/m0/s1. The number of hydrogen-bond donors (Lipinski definition) is 1. The van der Waals surface area contributed by atoms with Gasteiger partial charge in [0.2, 0.25) is 11.8 Å². The van der Waals surface area contributed by atoms with Crippen LogP contribution in [0.2, 0.25) is 0 Å². The Morgan fingerprint density at radius 2 is 1.74 bits per heavy atom. The molecule has 3 heterocycles. The van der Waals surface area contributed by atoms with Gasteiger partial charge in [-0.1, -0.05) is 38.1 Å². The van der Waals surface area contributed by atoms with Crippen LogP contribution in [0.15, 0.2) is 67.8 Å². The van der Waals surface area contributed by atoms with Crippen molar-refractivity contribution in [2.45, 2.75) is 77.7 Å². The minimum atomic E-state index is -1.26. The van der Waals surface area contributed by atoms with Crippen LogP contribution < -0.4 is 14.5 Å². The Hall–Kier alpha value is -3.95. The summed E-state index contributed by atoms with van der Waals surface area (Å²) in [5.74, 6) is -2.12. The van der Waals surface area contributed by atoms with Crippen molar-refractivity contribution in [2.24, 2.45) is 17.8 Å². The molecule has 3 saturated heterocycles. The molecule has 9 nitrogen and oxygen atoms in total. The molecule has 3 aliphatic rings. The summed E-state index contributed by atoms with van der Waals surface area (Å²) in [7, 11) is 0. The monoisotopic (exact) mass is 643 g/mol. The van der Waals surface area contributed by atoms with Gasteiger partial charge in [0.15, 0.2) is 0 Å². The maximum absolute atomic E-state index is 15.0. The van der Waals surface area contributed by atoms with Crippen molar-refractivity contribution in [3.05, 3.63) is 78.9 Å². The number of anilines is 2. The van der Waals surface area contributed by atoms with Crippen LogP contribution in [0.5, 0.6) is 5.75 Å². The number of aliphatic hydroxyl groups is 1. The number of aliphatic hydroxyl groups excluding tert-OH is 1. The molecule has 0 aromatic heterocycles. The first-order chi connectivity index (χ1) is 22.4. The van der Waals surface area contributed by atoms with Gasteiger partial charge in [0.1, 0.15) is 17.4 Å². The molecular formula is C38H49N3O6. The number of rotatable bonds is 13. The molecule has 5 rings (SSSR count). The van der Waals surface area contributed by atoms with E-state index in [1.807, 2.05) is 84.0 Å². The summed E-state index contributed by atoms with van der Waals surface area (Å²) >= 11 is 0. The van der Waals surface area contributed by atoms with Crippen LogP contribution in [0.4, 0.5) is 11.4 Å². The molecule has 3 amide bonds. The molecule has 0 saturated carbocycles. The van der Waals surface area contributed by atoms with E-state index < -0.39 is 35.1 Å². The van der Waals surface area contributed by atoms with E-state index in [0.29, 0.717) is 30.9 Å². The van der Waals surface area contributed by atoms with E-state index >= 15 is 4.79 Å². The zero-order valence-electron chi connectivity index (χ0n) is 28.6. The summed E-state index contributed by atoms with van der Waals surface area (Å²) in [6.45, 7) is 20.1. The van der Waals surface area contributed by atoms with E-state index in [-0.39, 0.29) is 43.3 Å². The topological polar surface area (TPSA) is 99.6 Å². The van der Waals surface area contributed by atoms with Crippen LogP contribution in [0.1, 0.15) is 51.7 Å². The van der Waals surface area contributed by atoms with Gasteiger partial charge in [-0.3, -0.25) is 14.4 Å². The van der Waals surface area contributed by atoms with Crippen molar-refractivity contribution in [3.8, 4) is 5.75 Å². The summed E-state index contributed by atoms with van der Waals surface area (Å²) in [5.41, 5.74) is 1.01. The van der Waals surface area contributed by atoms with Gasteiger partial charge in [-0.25, -0.2) is 0 Å². The van der Waals surface area contributed by atoms with Crippen LogP contribution in [-0.2, 0) is 19.1 Å². The van der Waals surface area contributed by atoms with Crippen molar-refractivity contribution >= 4 is 29.1 Å². The molecule has 0 radical (unpaired) electrons. The highest BCUT2D eigenvalue weighted by molar-refractivity contribution is 6.07. The number of carbonyl (C=O) groups is 3. The van der Waals surface area contributed by atoms with Gasteiger partial charge in [-0.05, 0) is 87.9 Å². The number of carbonyl (C=O) groups excluding carboxylic acids is 3. The lowest BCUT2D eigenvalue weighted by Gasteiger charge is -2.39. The fourth-order valence-corrected chi connectivity index (χ4v) is 8.24. The van der Waals surface area contributed by atoms with Crippen LogP contribution in [0, 0.1) is 31.6 Å². The Labute approximate surface area is 278 Å². The molecule has 7 atom stereocenters. The third kappa shape index (κ3) is 5.47. The van der Waals surface area contributed by atoms with E-state index in [2.05, 4.69) is 13.2 Å². The SMILES string of the molecule is C=CCN(C(=O)[C@@H]1[C@H]2C(=O)N([C@@H](CC)CO)C(C(=O)N(CC=C)c3cc(C)ccc3C)C23CC(C)[C@@]1(C)O3)c1ccc(OCC)cc1. The molecule has 2 bridgehead atoms. The fraction of sp³-hybridized carbons (Fsp3) is 0.500. The minimum Gasteiger partial charge on any atom is -0.494 e. The molecule has 3 unspecified atom stereocenters. The maximum Gasteiger partial charge on any atom is 0.253 e. The molecule has 1 N–H and O–H groups in total. The highest BCUT2D eigenvalue weighted by Crippen LogP contribution is 2.66. The van der Waals surface area contributed by atoms with Gasteiger partial charge in [-0.15, -0.1) is 13.2 Å². The maximum atomic E-state index is 15.0. The van der Waals surface area contributed by atoms with Gasteiger partial charge < -0.3 is 29.3 Å². The van der Waals surface area contributed by atoms with Gasteiger partial charge in [0, 0.05) is 24.5 Å². The Balaban J connectivity index is 1.64. The number of ether oxygens (including phenoxy) is 2. The second kappa shape index (κ2) is 13.3. The second-order valence-corrected chi connectivity index (χ2v) is 13.4. The lowest BCUT2D eigenvalue weighted by Crippen LogP contribution is -2.59. The van der Waals surface area contributed by atoms with Crippen LogP contribution in [-0.4, -0.2) is 77.3 Å². The summed E-state index contributed by atoms with van der Waals surface area (Å²) < 4.78 is 12.6. The van der Waals surface area contributed by atoms with Gasteiger partial charge >= 0.3 is 0 Å². The van der Waals surface area contributed by atoms with E-state index in [9.17, 15) is 14.7 Å². The predicted octanol–water partition coefficient (Wildman–Crippen LogP) is 5.22. The lowest BCUT2D eigenvalue weighted by atomic mass is 9.62. The van der Waals surface area contributed by atoms with E-state index in [1.54, 1.807) is 26.9 Å². The molecule has 3 fully saturated rings. The average molecular weight is 644 g/mol. The molecule has 2 aromatic carbocycles. The number of amides is 3. The minimum absolute atomic E-state index is 0.135. The molecule has 47 heavy (non-hydrogen) atoms. The quantitative estimate of drug-likeness (QED) is 0.301. The second-order valence-electron chi connectivity index (χ2n) is 13.4. The third-order valence-corrected chi connectivity index (χ3v) is 10.6. The fourth-order valence-electron chi connectivity index (χ4n) is 8.24. The smallest absolute Gasteiger partial charge is 0.253 e. The average Bonchev–Trinajstić information content (AvgIpc) is 3.57. The largest absolute Gasteiger partial charge is 0.494 e. The van der Waals surface area contributed by atoms with Crippen molar-refractivity contribution in [3.63, 3.8) is 0 Å². The normalized spacial score (nSPS) is 28.1. The Kier molecular flexibility index (Phi) is 9.71. The molecule has 252 valence electrons. The molecule has 0 aliphatic carbocycles. The first-order valence-electron chi connectivity index (χ1n) is 16.7. The molecule has 3 aliphatic heterocycles. The molecule has 2 aromatic rings. The summed E-state index contributed by atoms with van der Waals surface area (Å²) in [6, 6.07) is 11.5. The van der Waals surface area contributed by atoms with Crippen molar-refractivity contribution < 1.29 is 29.0 Å². The number of hydrogen-bond acceptors (Lipinski definition) is 6. The van der Waals surface area contributed by atoms with Gasteiger partial charge in [0.25, 0.3) is 5.91 Å². The number of nitrogens with zero attached hydrogens (tertiary/aromatic N) is 3. The van der Waals surface area contributed by atoms with E-state index in [0.717, 1.165) is 16.8 Å². The van der Waals surface area contributed by atoms with E-state index in [4.69, 9.17) is 9.47 Å². The molecule has 9 heteroatoms. The summed E-state index contributed by atoms with van der Waals surface area (Å²) in [4.78, 5) is 49.6. The number of benzene rings is 2. The third-order valence-electron chi connectivity index (χ3n) is 10.6. The van der Waals surface area contributed by atoms with Gasteiger partial charge in [0.05, 0.1) is 36.7 Å². The zero-order valence-corrected chi connectivity index (χ0v) is 28.6. The Morgan fingerprint density at radius 1 is 1.09 bits per heavy atom. The molecule has 1 spiro atoms. The van der Waals surface area contributed by atoms with Gasteiger partial charge in [-0.2, -0.15) is 0 Å². The highest BCUT2D eigenvalue weighted by Gasteiger charge is 2.80. The number of fused-ring (bicyclic) bond motifs is 1. The summed E-state index contributed by atoms with van der Waals surface area (Å²) in [6.07, 6.45) is 4.19.